The highest BCUT2D eigenvalue weighted by molar-refractivity contribution is 7.85. The van der Waals surface area contributed by atoms with Crippen LogP contribution in [0.3, 0.4) is 0 Å². The van der Waals surface area contributed by atoms with Gasteiger partial charge in [-0.15, -0.1) is 4.36 Å². The van der Waals surface area contributed by atoms with Crippen molar-refractivity contribution in [2.75, 3.05) is 12.8 Å². The molecule has 0 fully saturated rings. The lowest BCUT2D eigenvalue weighted by Crippen LogP contribution is -2.07. The molecular weight excluding hydrogens is 413 g/mol. The Hall–Kier alpha value is -2.64. The Morgan fingerprint density at radius 3 is 2.15 bits per heavy atom. The molecule has 0 aromatic heterocycles. The Morgan fingerprint density at radius 1 is 1.15 bits per heavy atom. The summed E-state index contributed by atoms with van der Waals surface area (Å²) in [7, 11) is -5.87. The summed E-state index contributed by atoms with van der Waals surface area (Å²) in [6, 6.07) is 8.10. The first-order valence-electron chi connectivity index (χ1n) is 6.74. The van der Waals surface area contributed by atoms with Gasteiger partial charge in [-0.25, -0.2) is 0 Å². The normalized spacial score (nSPS) is 11.1. The smallest absolute Gasteiger partial charge is 0.418 e. The number of nitrogen functional groups attached to an aromatic ring is 1. The second kappa shape index (κ2) is 8.83. The van der Waals surface area contributed by atoms with Crippen LogP contribution in [0.4, 0.5) is 24.5 Å². The third kappa shape index (κ3) is 6.88. The first kappa shape index (κ1) is 22.4. The highest BCUT2D eigenvalue weighted by Gasteiger charge is 2.32. The van der Waals surface area contributed by atoms with Gasteiger partial charge in [0.1, 0.15) is 11.4 Å². The van der Waals surface area contributed by atoms with Gasteiger partial charge in [-0.3, -0.25) is 4.55 Å². The van der Waals surface area contributed by atoms with E-state index in [0.29, 0.717) is 0 Å². The van der Waals surface area contributed by atoms with E-state index in [9.17, 15) is 30.0 Å². The third-order valence-electron chi connectivity index (χ3n) is 2.89. The molecule has 0 bridgehead atoms. The van der Waals surface area contributed by atoms with Crippen molar-refractivity contribution < 1.29 is 39.3 Å². The van der Waals surface area contributed by atoms with Gasteiger partial charge >= 0.3 is 16.7 Å². The van der Waals surface area contributed by atoms with Crippen LogP contribution in [0.5, 0.6) is 5.75 Å². The summed E-state index contributed by atoms with van der Waals surface area (Å²) in [6.45, 7) is 0. The monoisotopic (exact) mass is 426 g/mol. The number of alkyl halides is 3. The second-order valence-corrected chi connectivity index (χ2v) is 6.74. The molecular formula is C14H13F3N2O6S2. The molecule has 0 atom stereocenters. The Bertz CT molecular complexity index is 1040. The number of ether oxygens (including phenoxy) is 1. The number of nitrogens with two attached hydrogens (primary N) is 1. The fourth-order valence-electron chi connectivity index (χ4n) is 1.74. The van der Waals surface area contributed by atoms with Crippen molar-refractivity contribution in [3.8, 4) is 5.75 Å². The van der Waals surface area contributed by atoms with Gasteiger partial charge in [-0.2, -0.15) is 30.0 Å². The van der Waals surface area contributed by atoms with Gasteiger partial charge in [0.25, 0.3) is 10.1 Å². The average molecular weight is 426 g/mol. The van der Waals surface area contributed by atoms with E-state index >= 15 is 0 Å². The Labute approximate surface area is 153 Å². The topological polar surface area (TPSA) is 136 Å². The second-order valence-electron chi connectivity index (χ2n) is 4.70. The molecule has 0 amide bonds. The predicted octanol–water partition coefficient (Wildman–Crippen LogP) is 2.92. The molecule has 0 aliphatic heterocycles. The maximum atomic E-state index is 12.0. The number of hydrogen-bond donors (Lipinski definition) is 2. The number of methoxy groups -OCH3 is 1. The van der Waals surface area contributed by atoms with E-state index in [4.69, 9.17) is 15.0 Å². The van der Waals surface area contributed by atoms with Crippen molar-refractivity contribution >= 4 is 32.0 Å². The van der Waals surface area contributed by atoms with Gasteiger partial charge in [-0.1, -0.05) is 12.1 Å². The van der Waals surface area contributed by atoms with Crippen molar-refractivity contribution in [1.29, 1.82) is 0 Å². The van der Waals surface area contributed by atoms with Crippen molar-refractivity contribution in [3.05, 3.63) is 48.0 Å². The van der Waals surface area contributed by atoms with Crippen LogP contribution in [0.2, 0.25) is 0 Å². The molecule has 0 spiro atoms. The number of para-hydroxylation sites is 1. The zero-order valence-corrected chi connectivity index (χ0v) is 15.1. The summed E-state index contributed by atoms with van der Waals surface area (Å²) >= 11 is 0. The summed E-state index contributed by atoms with van der Waals surface area (Å²) in [4.78, 5) is -0.461. The lowest BCUT2D eigenvalue weighted by molar-refractivity contribution is -0.136. The molecule has 148 valence electrons. The van der Waals surface area contributed by atoms with Gasteiger partial charge < -0.3 is 10.5 Å². The first-order chi connectivity index (χ1) is 12.4. The lowest BCUT2D eigenvalue weighted by Gasteiger charge is -2.07. The highest BCUT2D eigenvalue weighted by Crippen LogP contribution is 2.32. The van der Waals surface area contributed by atoms with Crippen LogP contribution in [0.1, 0.15) is 5.56 Å². The number of rotatable bonds is 3. The molecule has 0 aliphatic rings. The van der Waals surface area contributed by atoms with Crippen LogP contribution in [-0.4, -0.2) is 28.5 Å². The molecule has 0 heterocycles. The van der Waals surface area contributed by atoms with Crippen molar-refractivity contribution in [2.24, 2.45) is 4.36 Å². The molecule has 0 radical (unpaired) electrons. The van der Waals surface area contributed by atoms with Gasteiger partial charge in [0.15, 0.2) is 0 Å². The predicted molar refractivity (Wildman–Crippen MR) is 89.7 cm³/mol. The maximum Gasteiger partial charge on any atom is 0.418 e. The number of anilines is 1. The standard InChI is InChI=1S/C7H6F3N.C7H7NO6S2/c8-7(9,10)5-3-1-2-4-6(5)11;1-14-7-3-2-5(16(11,12)13)4-6(7)8-15(9)10/h1-4H,11H2;2-4H,1H3,(H,11,12,13). The van der Waals surface area contributed by atoms with Crippen molar-refractivity contribution in [3.63, 3.8) is 0 Å². The fraction of sp³-hybridized carbons (Fsp3) is 0.143. The lowest BCUT2D eigenvalue weighted by atomic mass is 10.2. The zero-order chi connectivity index (χ0) is 20.8. The number of nitrogens with zero attached hydrogens (tertiary/aromatic N) is 1. The molecule has 0 aliphatic carbocycles. The molecule has 8 nitrogen and oxygen atoms in total. The molecule has 2 aromatic rings. The Kier molecular flexibility index (Phi) is 7.33. The van der Waals surface area contributed by atoms with E-state index in [1.807, 2.05) is 0 Å². The van der Waals surface area contributed by atoms with Gasteiger partial charge in [-0.05, 0) is 30.3 Å². The van der Waals surface area contributed by atoms with Crippen LogP contribution in [-0.2, 0) is 26.8 Å². The fourth-order valence-corrected chi connectivity index (χ4v) is 2.54. The van der Waals surface area contributed by atoms with E-state index < -0.39 is 37.3 Å². The third-order valence-corrected chi connectivity index (χ3v) is 4.08. The van der Waals surface area contributed by atoms with Crippen molar-refractivity contribution in [1.82, 2.24) is 0 Å². The number of halogens is 3. The maximum absolute atomic E-state index is 12.0. The summed E-state index contributed by atoms with van der Waals surface area (Å²) in [5.74, 6) is 0.0802. The summed E-state index contributed by atoms with van der Waals surface area (Å²) in [6.07, 6.45) is -4.34. The molecule has 2 rings (SSSR count). The van der Waals surface area contributed by atoms with Crippen LogP contribution >= 0.6 is 0 Å². The minimum Gasteiger partial charge on any atom is -0.494 e. The van der Waals surface area contributed by atoms with Crippen molar-refractivity contribution in [2.45, 2.75) is 11.1 Å². The van der Waals surface area contributed by atoms with Crippen LogP contribution in [0.25, 0.3) is 0 Å². The molecule has 0 unspecified atom stereocenters. The van der Waals surface area contributed by atoms with Gasteiger partial charge in [0.2, 0.25) is 0 Å². The Morgan fingerprint density at radius 2 is 1.74 bits per heavy atom. The molecule has 0 saturated heterocycles. The minimum atomic E-state index is -4.40. The molecule has 0 saturated carbocycles. The minimum absolute atomic E-state index is 0.0802. The van der Waals surface area contributed by atoms with Gasteiger partial charge in [0, 0.05) is 5.69 Å². The van der Waals surface area contributed by atoms with Crippen LogP contribution in [0.15, 0.2) is 51.7 Å². The van der Waals surface area contributed by atoms with E-state index in [1.54, 1.807) is 0 Å². The number of benzene rings is 2. The summed E-state index contributed by atoms with van der Waals surface area (Å²) < 4.78 is 94.9. The first-order valence-corrected chi connectivity index (χ1v) is 9.21. The molecule has 2 aromatic carbocycles. The molecule has 27 heavy (non-hydrogen) atoms. The average Bonchev–Trinajstić information content (AvgIpc) is 2.53. The quantitative estimate of drug-likeness (QED) is 0.569. The SMILES string of the molecule is COc1ccc(S(=O)(=O)O)cc1N=S(=O)=O.Nc1ccccc1C(F)(F)F. The molecule has 3 N–H and O–H groups in total. The van der Waals surface area contributed by atoms with E-state index in [0.717, 1.165) is 18.2 Å². The van der Waals surface area contributed by atoms with E-state index in [1.165, 1.54) is 31.4 Å². The van der Waals surface area contributed by atoms with Crippen LogP contribution in [0, 0.1) is 0 Å². The largest absolute Gasteiger partial charge is 0.494 e. The van der Waals surface area contributed by atoms with E-state index in [-0.39, 0.29) is 17.1 Å². The molecule has 13 heteroatoms. The Balaban J connectivity index is 0.000000289. The van der Waals surface area contributed by atoms with Gasteiger partial charge in [0.05, 0.1) is 17.6 Å². The van der Waals surface area contributed by atoms with E-state index in [2.05, 4.69) is 4.36 Å². The summed E-state index contributed by atoms with van der Waals surface area (Å²) in [5.41, 5.74) is 3.87. The highest BCUT2D eigenvalue weighted by atomic mass is 32.2. The zero-order valence-electron chi connectivity index (χ0n) is 13.5. The van der Waals surface area contributed by atoms with Crippen LogP contribution < -0.4 is 10.5 Å². The summed E-state index contributed by atoms with van der Waals surface area (Å²) in [5, 5.41) is 0. The number of hydrogen-bond acceptors (Lipinski definition) is 7.